The Morgan fingerprint density at radius 3 is 2.46 bits per heavy atom. The number of ether oxygens (including phenoxy) is 1. The van der Waals surface area contributed by atoms with Gasteiger partial charge in [0.1, 0.15) is 17.3 Å². The highest BCUT2D eigenvalue weighted by molar-refractivity contribution is 6.02. The van der Waals surface area contributed by atoms with Crippen molar-refractivity contribution < 1.29 is 13.9 Å². The van der Waals surface area contributed by atoms with Crippen LogP contribution in [0.15, 0.2) is 59.4 Å². The molecule has 0 spiro atoms. The first kappa shape index (κ1) is 19.3. The van der Waals surface area contributed by atoms with Gasteiger partial charge in [0.15, 0.2) is 5.69 Å². The number of para-hydroxylation sites is 1. The molecule has 1 aromatic heterocycles. The highest BCUT2D eigenvalue weighted by Gasteiger charge is 2.17. The minimum absolute atomic E-state index is 0.0362. The zero-order chi connectivity index (χ0) is 20.3. The summed E-state index contributed by atoms with van der Waals surface area (Å²) in [4.78, 5) is 24.8. The molecule has 0 atom stereocenters. The number of aromatic nitrogens is 2. The predicted octanol–water partition coefficient (Wildman–Crippen LogP) is 3.72. The lowest BCUT2D eigenvalue weighted by molar-refractivity contribution is 0.101. The van der Waals surface area contributed by atoms with Crippen LogP contribution in [-0.4, -0.2) is 21.8 Å². The lowest BCUT2D eigenvalue weighted by Gasteiger charge is -2.12. The Balaban J connectivity index is 1.89. The van der Waals surface area contributed by atoms with Crippen molar-refractivity contribution in [1.29, 1.82) is 0 Å². The normalized spacial score (nSPS) is 10.8. The van der Waals surface area contributed by atoms with Gasteiger partial charge in [0.25, 0.3) is 5.91 Å². The third-order valence-electron chi connectivity index (χ3n) is 3.89. The van der Waals surface area contributed by atoms with Gasteiger partial charge >= 0.3 is 0 Å². The van der Waals surface area contributed by atoms with Gasteiger partial charge in [-0.15, -0.1) is 0 Å². The Bertz CT molecular complexity index is 1060. The van der Waals surface area contributed by atoms with Gasteiger partial charge in [0, 0.05) is 17.4 Å². The largest absolute Gasteiger partial charge is 0.491 e. The molecule has 2 aromatic carbocycles. The maximum atomic E-state index is 14.1. The van der Waals surface area contributed by atoms with Crippen LogP contribution in [0.1, 0.15) is 30.0 Å². The molecule has 6 nitrogen and oxygen atoms in total. The zero-order valence-electron chi connectivity index (χ0n) is 15.8. The Kier molecular flexibility index (Phi) is 5.54. The fraction of sp³-hybridized carbons (Fsp3) is 0.190. The van der Waals surface area contributed by atoms with E-state index in [1.807, 2.05) is 13.8 Å². The van der Waals surface area contributed by atoms with Gasteiger partial charge < -0.3 is 10.1 Å². The fourth-order valence-electron chi connectivity index (χ4n) is 2.65. The molecule has 1 amide bonds. The number of rotatable bonds is 5. The van der Waals surface area contributed by atoms with E-state index < -0.39 is 17.2 Å². The number of carbonyl (C=O) groups excluding carboxylic acids is 1. The molecule has 28 heavy (non-hydrogen) atoms. The van der Waals surface area contributed by atoms with Gasteiger partial charge in [-0.25, -0.2) is 9.07 Å². The molecule has 0 bridgehead atoms. The van der Waals surface area contributed by atoms with Crippen LogP contribution in [0.4, 0.5) is 10.1 Å². The van der Waals surface area contributed by atoms with Gasteiger partial charge in [0.05, 0.1) is 6.10 Å². The second-order valence-electron chi connectivity index (χ2n) is 6.51. The fourth-order valence-corrected chi connectivity index (χ4v) is 2.65. The third kappa shape index (κ3) is 4.25. The number of nitrogens with one attached hydrogen (secondary N) is 1. The maximum Gasteiger partial charge on any atom is 0.280 e. The predicted molar refractivity (Wildman–Crippen MR) is 105 cm³/mol. The second kappa shape index (κ2) is 8.04. The van der Waals surface area contributed by atoms with Gasteiger partial charge in [-0.2, -0.15) is 5.10 Å². The minimum atomic E-state index is -0.674. The summed E-state index contributed by atoms with van der Waals surface area (Å²) >= 11 is 0. The first-order chi connectivity index (χ1) is 13.3. The molecule has 1 N–H and O–H groups in total. The molecule has 0 saturated heterocycles. The lowest BCUT2D eigenvalue weighted by Crippen LogP contribution is -2.27. The minimum Gasteiger partial charge on any atom is -0.491 e. The van der Waals surface area contributed by atoms with Crippen molar-refractivity contribution in [2.24, 2.45) is 0 Å². The lowest BCUT2D eigenvalue weighted by atomic mass is 10.2. The molecule has 0 radical (unpaired) electrons. The van der Waals surface area contributed by atoms with E-state index in [-0.39, 0.29) is 17.5 Å². The molecule has 0 aliphatic carbocycles. The standard InChI is InChI=1S/C21H20FN3O3/c1-13(2)28-16-10-8-15(9-11-16)23-21(27)20-19(26)12-14(3)25(24-20)18-7-5-4-6-17(18)22/h4-13H,1-3H3,(H,23,27). The summed E-state index contributed by atoms with van der Waals surface area (Å²) < 4.78 is 20.9. The molecule has 0 fully saturated rings. The monoisotopic (exact) mass is 381 g/mol. The summed E-state index contributed by atoms with van der Waals surface area (Å²) in [6, 6.07) is 14.0. The van der Waals surface area contributed by atoms with Gasteiger partial charge in [-0.3, -0.25) is 9.59 Å². The van der Waals surface area contributed by atoms with Crippen LogP contribution < -0.4 is 15.5 Å². The molecule has 0 aliphatic rings. The Morgan fingerprint density at radius 1 is 1.14 bits per heavy atom. The molecule has 144 valence electrons. The summed E-state index contributed by atoms with van der Waals surface area (Å²) in [6.45, 7) is 5.45. The van der Waals surface area contributed by atoms with E-state index in [0.29, 0.717) is 17.1 Å². The van der Waals surface area contributed by atoms with Crippen LogP contribution in [0.5, 0.6) is 5.75 Å². The summed E-state index contributed by atoms with van der Waals surface area (Å²) in [7, 11) is 0. The first-order valence-electron chi connectivity index (χ1n) is 8.79. The maximum absolute atomic E-state index is 14.1. The third-order valence-corrected chi connectivity index (χ3v) is 3.89. The van der Waals surface area contributed by atoms with Crippen molar-refractivity contribution in [3.05, 3.63) is 82.0 Å². The molecule has 3 aromatic rings. The summed E-state index contributed by atoms with van der Waals surface area (Å²) in [5.41, 5.74) is 0.199. The number of benzene rings is 2. The number of hydrogen-bond acceptors (Lipinski definition) is 4. The van der Waals surface area contributed by atoms with Gasteiger partial charge in [-0.1, -0.05) is 12.1 Å². The van der Waals surface area contributed by atoms with Crippen LogP contribution >= 0.6 is 0 Å². The molecular weight excluding hydrogens is 361 g/mol. The number of halogens is 1. The Hall–Kier alpha value is -3.48. The molecule has 0 unspecified atom stereocenters. The summed E-state index contributed by atoms with van der Waals surface area (Å²) in [5, 5.41) is 6.71. The van der Waals surface area contributed by atoms with Gasteiger partial charge in [0.2, 0.25) is 5.43 Å². The Labute approximate surface area is 161 Å². The van der Waals surface area contributed by atoms with Crippen molar-refractivity contribution in [2.45, 2.75) is 26.9 Å². The van der Waals surface area contributed by atoms with Crippen LogP contribution in [0.3, 0.4) is 0 Å². The van der Waals surface area contributed by atoms with E-state index in [1.54, 1.807) is 43.3 Å². The van der Waals surface area contributed by atoms with Crippen LogP contribution in [0, 0.1) is 12.7 Å². The smallest absolute Gasteiger partial charge is 0.280 e. The highest BCUT2D eigenvalue weighted by Crippen LogP contribution is 2.18. The van der Waals surface area contributed by atoms with Crippen molar-refractivity contribution >= 4 is 11.6 Å². The summed E-state index contributed by atoms with van der Waals surface area (Å²) in [6.07, 6.45) is 0.0362. The quantitative estimate of drug-likeness (QED) is 0.731. The SMILES string of the molecule is Cc1cc(=O)c(C(=O)Nc2ccc(OC(C)C)cc2)nn1-c1ccccc1F. The molecular formula is C21H20FN3O3. The number of nitrogens with zero attached hydrogens (tertiary/aromatic N) is 2. The zero-order valence-corrected chi connectivity index (χ0v) is 15.8. The number of aryl methyl sites for hydroxylation is 1. The van der Waals surface area contributed by atoms with Crippen molar-refractivity contribution in [1.82, 2.24) is 9.78 Å². The van der Waals surface area contributed by atoms with E-state index in [4.69, 9.17) is 4.74 Å². The average molecular weight is 381 g/mol. The van der Waals surface area contributed by atoms with Crippen molar-refractivity contribution in [3.63, 3.8) is 0 Å². The topological polar surface area (TPSA) is 73.2 Å². The van der Waals surface area contributed by atoms with Crippen LogP contribution in [0.25, 0.3) is 5.69 Å². The first-order valence-corrected chi connectivity index (χ1v) is 8.79. The van der Waals surface area contributed by atoms with Crippen LogP contribution in [0.2, 0.25) is 0 Å². The average Bonchev–Trinajstić information content (AvgIpc) is 2.64. The second-order valence-corrected chi connectivity index (χ2v) is 6.51. The molecule has 3 rings (SSSR count). The van der Waals surface area contributed by atoms with Crippen LogP contribution in [-0.2, 0) is 0 Å². The Morgan fingerprint density at radius 2 is 1.82 bits per heavy atom. The van der Waals surface area contributed by atoms with E-state index in [2.05, 4.69) is 10.4 Å². The van der Waals surface area contributed by atoms with Crippen molar-refractivity contribution in [2.75, 3.05) is 5.32 Å². The highest BCUT2D eigenvalue weighted by atomic mass is 19.1. The number of hydrogen-bond donors (Lipinski definition) is 1. The van der Waals surface area contributed by atoms with E-state index in [9.17, 15) is 14.0 Å². The van der Waals surface area contributed by atoms with E-state index in [0.717, 1.165) is 0 Å². The van der Waals surface area contributed by atoms with E-state index >= 15 is 0 Å². The molecule has 0 saturated carbocycles. The number of amides is 1. The molecule has 7 heteroatoms. The van der Waals surface area contributed by atoms with Crippen molar-refractivity contribution in [3.8, 4) is 11.4 Å². The molecule has 1 heterocycles. The number of carbonyl (C=O) groups is 1. The van der Waals surface area contributed by atoms with E-state index in [1.165, 1.54) is 22.9 Å². The molecule has 0 aliphatic heterocycles. The van der Waals surface area contributed by atoms with Gasteiger partial charge in [-0.05, 0) is 57.2 Å². The summed E-state index contributed by atoms with van der Waals surface area (Å²) in [5.74, 6) is -0.509. The number of anilines is 1.